The number of hydrogen-bond donors (Lipinski definition) is 2. The van der Waals surface area contributed by atoms with Gasteiger partial charge in [0.1, 0.15) is 11.9 Å². The third-order valence-electron chi connectivity index (χ3n) is 5.12. The zero-order valence-electron chi connectivity index (χ0n) is 16.8. The highest BCUT2D eigenvalue weighted by atomic mass is 16.5. The van der Waals surface area contributed by atoms with Crippen LogP contribution in [0.5, 0.6) is 5.75 Å². The minimum Gasteiger partial charge on any atom is -0.493 e. The Bertz CT molecular complexity index is 893. The highest BCUT2D eigenvalue weighted by Gasteiger charge is 2.31. The average Bonchev–Trinajstić information content (AvgIpc) is 3.11. The number of carbonyl (C=O) groups excluding carboxylic acids is 3. The Kier molecular flexibility index (Phi) is 7.32. The maximum atomic E-state index is 12.3. The molecule has 3 rings (SSSR count). The van der Waals surface area contributed by atoms with Crippen LogP contribution < -0.4 is 10.5 Å². The van der Waals surface area contributed by atoms with E-state index in [9.17, 15) is 19.5 Å². The second kappa shape index (κ2) is 10.1. The second-order valence-electron chi connectivity index (χ2n) is 7.32. The lowest BCUT2D eigenvalue weighted by molar-refractivity contribution is -0.132. The van der Waals surface area contributed by atoms with Gasteiger partial charge in [0.15, 0.2) is 11.6 Å². The zero-order valence-corrected chi connectivity index (χ0v) is 16.8. The third kappa shape index (κ3) is 5.75. The molecule has 1 heterocycles. The van der Waals surface area contributed by atoms with Crippen molar-refractivity contribution in [2.24, 2.45) is 5.73 Å². The van der Waals surface area contributed by atoms with E-state index < -0.39 is 6.10 Å². The number of nitrogens with two attached hydrogens (primary N) is 1. The smallest absolute Gasteiger partial charge is 0.226 e. The fourth-order valence-electron chi connectivity index (χ4n) is 3.25. The van der Waals surface area contributed by atoms with Crippen LogP contribution >= 0.6 is 0 Å². The lowest BCUT2D eigenvalue weighted by Gasteiger charge is -2.14. The van der Waals surface area contributed by atoms with Crippen molar-refractivity contribution in [3.63, 3.8) is 0 Å². The molecule has 3 N–H and O–H groups in total. The van der Waals surface area contributed by atoms with Crippen molar-refractivity contribution >= 4 is 17.5 Å². The number of rotatable bonds is 9. The van der Waals surface area contributed by atoms with Gasteiger partial charge in [0.05, 0.1) is 26.1 Å². The molecule has 2 aromatic rings. The summed E-state index contributed by atoms with van der Waals surface area (Å²) >= 11 is 0. The first kappa shape index (κ1) is 21.7. The highest BCUT2D eigenvalue weighted by molar-refractivity contribution is 5.96. The number of carbonyl (C=O) groups is 3. The van der Waals surface area contributed by atoms with Crippen LogP contribution in [-0.4, -0.2) is 53.3 Å². The van der Waals surface area contributed by atoms with Gasteiger partial charge in [-0.3, -0.25) is 14.4 Å². The zero-order chi connectivity index (χ0) is 21.5. The molecule has 1 atom stereocenters. The number of ketones is 2. The molecule has 1 aliphatic rings. The molecule has 1 fully saturated rings. The first-order valence-electron chi connectivity index (χ1n) is 9.99. The molecule has 2 aromatic carbocycles. The van der Waals surface area contributed by atoms with Gasteiger partial charge in [0, 0.05) is 18.5 Å². The van der Waals surface area contributed by atoms with Gasteiger partial charge in [-0.1, -0.05) is 36.4 Å². The Balaban J connectivity index is 1.40. The van der Waals surface area contributed by atoms with E-state index in [1.165, 1.54) is 4.90 Å². The van der Waals surface area contributed by atoms with Gasteiger partial charge in [-0.15, -0.1) is 0 Å². The molecule has 30 heavy (non-hydrogen) atoms. The summed E-state index contributed by atoms with van der Waals surface area (Å²) < 4.78 is 5.59. The Hall–Kier alpha value is -3.03. The fourth-order valence-corrected chi connectivity index (χ4v) is 3.25. The molecule has 0 aromatic heterocycles. The maximum Gasteiger partial charge on any atom is 0.226 e. The summed E-state index contributed by atoms with van der Waals surface area (Å²) in [6.45, 7) is 0.668. The quantitative estimate of drug-likeness (QED) is 0.607. The Morgan fingerprint density at radius 2 is 1.70 bits per heavy atom. The van der Waals surface area contributed by atoms with Crippen LogP contribution in [0.3, 0.4) is 0 Å². The fraction of sp³-hybridized carbons (Fsp3) is 0.348. The van der Waals surface area contributed by atoms with Crippen LogP contribution in [-0.2, 0) is 22.6 Å². The van der Waals surface area contributed by atoms with E-state index in [1.807, 2.05) is 48.5 Å². The summed E-state index contributed by atoms with van der Waals surface area (Å²) in [7, 11) is 0. The van der Waals surface area contributed by atoms with E-state index in [1.54, 1.807) is 0 Å². The molecular weight excluding hydrogens is 384 g/mol. The van der Waals surface area contributed by atoms with Gasteiger partial charge in [0.25, 0.3) is 0 Å². The summed E-state index contributed by atoms with van der Waals surface area (Å²) in [5.74, 6) is 0.177. The summed E-state index contributed by atoms with van der Waals surface area (Å²) in [5, 5.41) is 9.41. The number of ether oxygens (including phenoxy) is 1. The van der Waals surface area contributed by atoms with Crippen molar-refractivity contribution in [1.29, 1.82) is 0 Å². The van der Waals surface area contributed by atoms with Crippen LogP contribution in [0.4, 0.5) is 0 Å². The number of Topliss-reactive ketones (excluding diaryl/α,β-unsaturated/α-hetero) is 2. The van der Waals surface area contributed by atoms with Crippen molar-refractivity contribution < 1.29 is 24.2 Å². The topological polar surface area (TPSA) is 110 Å². The Labute approximate surface area is 175 Å². The number of nitrogens with zero attached hydrogens (tertiary/aromatic N) is 1. The molecule has 0 spiro atoms. The van der Waals surface area contributed by atoms with Crippen LogP contribution in [0.25, 0.3) is 0 Å². The van der Waals surface area contributed by atoms with E-state index in [4.69, 9.17) is 10.5 Å². The van der Waals surface area contributed by atoms with Gasteiger partial charge in [-0.2, -0.15) is 0 Å². The largest absolute Gasteiger partial charge is 0.493 e. The normalized spacial score (nSPS) is 16.0. The van der Waals surface area contributed by atoms with Gasteiger partial charge in [-0.25, -0.2) is 0 Å². The molecule has 1 saturated heterocycles. The SMILES string of the molecule is NCc1ccc(C(=O)CCc2ccc(OCCC(=O)N3CC(=O)[C@H](O)C3)cc2)cc1. The monoisotopic (exact) mass is 410 g/mol. The van der Waals surface area contributed by atoms with Gasteiger partial charge in [-0.05, 0) is 29.7 Å². The Morgan fingerprint density at radius 1 is 1.03 bits per heavy atom. The number of β-amino-alcohol motifs (C(OH)–C–C–N with tert-alkyl or cyclic N) is 1. The van der Waals surface area contributed by atoms with Gasteiger partial charge in [0.2, 0.25) is 5.91 Å². The summed E-state index contributed by atoms with van der Waals surface area (Å²) in [6.07, 6.45) is 0.109. The lowest BCUT2D eigenvalue weighted by Crippen LogP contribution is -2.30. The van der Waals surface area contributed by atoms with Crippen LogP contribution in [0.15, 0.2) is 48.5 Å². The predicted octanol–water partition coefficient (Wildman–Crippen LogP) is 1.50. The highest BCUT2D eigenvalue weighted by Crippen LogP contribution is 2.16. The van der Waals surface area contributed by atoms with E-state index in [0.717, 1.165) is 11.1 Å². The van der Waals surface area contributed by atoms with Crippen molar-refractivity contribution in [2.75, 3.05) is 19.7 Å². The average molecular weight is 410 g/mol. The van der Waals surface area contributed by atoms with Crippen molar-refractivity contribution in [1.82, 2.24) is 4.90 Å². The molecule has 1 aliphatic heterocycles. The van der Waals surface area contributed by atoms with E-state index in [-0.39, 0.29) is 43.6 Å². The van der Waals surface area contributed by atoms with Crippen LogP contribution in [0.2, 0.25) is 0 Å². The molecule has 0 radical (unpaired) electrons. The predicted molar refractivity (Wildman–Crippen MR) is 111 cm³/mol. The van der Waals surface area contributed by atoms with E-state index in [2.05, 4.69) is 0 Å². The van der Waals surface area contributed by atoms with Crippen LogP contribution in [0, 0.1) is 0 Å². The molecule has 1 amide bonds. The first-order valence-corrected chi connectivity index (χ1v) is 9.99. The number of aliphatic hydroxyl groups is 1. The number of likely N-dealkylation sites (tertiary alicyclic amines) is 1. The summed E-state index contributed by atoms with van der Waals surface area (Å²) in [5.41, 5.74) is 8.27. The van der Waals surface area contributed by atoms with Crippen molar-refractivity contribution in [2.45, 2.75) is 31.9 Å². The van der Waals surface area contributed by atoms with Crippen molar-refractivity contribution in [3.8, 4) is 5.75 Å². The number of benzene rings is 2. The number of amides is 1. The molecular formula is C23H26N2O5. The minimum absolute atomic E-state index is 0.0371. The number of hydrogen-bond acceptors (Lipinski definition) is 6. The molecule has 0 unspecified atom stereocenters. The number of aliphatic hydroxyl groups excluding tert-OH is 1. The molecule has 0 aliphatic carbocycles. The standard InChI is InChI=1S/C23H26N2O5/c24-13-17-1-6-18(7-2-17)20(26)10-5-16-3-8-19(9-4-16)30-12-11-23(29)25-14-21(27)22(28)15-25/h1-4,6-9,21,27H,5,10-15,24H2/t21-/m1/s1. The summed E-state index contributed by atoms with van der Waals surface area (Å²) in [4.78, 5) is 37.0. The molecule has 7 nitrogen and oxygen atoms in total. The maximum absolute atomic E-state index is 12.3. The van der Waals surface area contributed by atoms with Gasteiger partial charge < -0.3 is 20.5 Å². The summed E-state index contributed by atoms with van der Waals surface area (Å²) in [6, 6.07) is 14.8. The minimum atomic E-state index is -1.07. The van der Waals surface area contributed by atoms with Crippen molar-refractivity contribution in [3.05, 3.63) is 65.2 Å². The lowest BCUT2D eigenvalue weighted by atomic mass is 10.0. The Morgan fingerprint density at radius 3 is 2.30 bits per heavy atom. The molecule has 0 bridgehead atoms. The van der Waals surface area contributed by atoms with Gasteiger partial charge >= 0.3 is 0 Å². The number of aryl methyl sites for hydroxylation is 1. The molecule has 158 valence electrons. The first-order chi connectivity index (χ1) is 14.5. The van der Waals surface area contributed by atoms with Crippen LogP contribution in [0.1, 0.15) is 34.3 Å². The third-order valence-corrected chi connectivity index (χ3v) is 5.12. The molecule has 7 heteroatoms. The molecule has 0 saturated carbocycles. The van der Waals surface area contributed by atoms with E-state index in [0.29, 0.717) is 30.7 Å². The second-order valence-corrected chi connectivity index (χ2v) is 7.32. The van der Waals surface area contributed by atoms with E-state index >= 15 is 0 Å².